The average molecular weight is 277 g/mol. The summed E-state index contributed by atoms with van der Waals surface area (Å²) in [5.41, 5.74) is 10.3. The second kappa shape index (κ2) is 5.90. The Bertz CT molecular complexity index is 720. The molecule has 104 valence electrons. The van der Waals surface area contributed by atoms with Crippen molar-refractivity contribution in [3.05, 3.63) is 95.8 Å². The van der Waals surface area contributed by atoms with E-state index in [1.165, 1.54) is 17.7 Å². The lowest BCUT2D eigenvalue weighted by Crippen LogP contribution is -2.11. The van der Waals surface area contributed by atoms with Gasteiger partial charge < -0.3 is 5.73 Å². The van der Waals surface area contributed by atoms with Gasteiger partial charge in [-0.2, -0.15) is 0 Å². The molecule has 1 atom stereocenters. The number of benzene rings is 3. The fourth-order valence-corrected chi connectivity index (χ4v) is 2.41. The summed E-state index contributed by atoms with van der Waals surface area (Å²) in [6, 6.07) is 24.4. The van der Waals surface area contributed by atoms with Crippen molar-refractivity contribution in [2.24, 2.45) is 5.73 Å². The van der Waals surface area contributed by atoms with Gasteiger partial charge in [-0.05, 0) is 34.4 Å². The predicted octanol–water partition coefficient (Wildman–Crippen LogP) is 4.54. The fraction of sp³-hybridized carbons (Fsp3) is 0.0526. The highest BCUT2D eigenvalue weighted by molar-refractivity contribution is 5.63. The zero-order chi connectivity index (χ0) is 14.7. The highest BCUT2D eigenvalue weighted by Crippen LogP contribution is 2.24. The molecule has 0 aliphatic carbocycles. The Labute approximate surface area is 123 Å². The Kier molecular flexibility index (Phi) is 3.80. The first-order chi connectivity index (χ1) is 10.2. The summed E-state index contributed by atoms with van der Waals surface area (Å²) in [6.45, 7) is 0. The van der Waals surface area contributed by atoms with Crippen LogP contribution in [-0.2, 0) is 0 Å². The van der Waals surface area contributed by atoms with E-state index >= 15 is 0 Å². The van der Waals surface area contributed by atoms with E-state index in [4.69, 9.17) is 5.73 Å². The quantitative estimate of drug-likeness (QED) is 0.747. The lowest BCUT2D eigenvalue weighted by molar-refractivity contribution is 0.623. The topological polar surface area (TPSA) is 26.0 Å². The number of hydrogen-bond acceptors (Lipinski definition) is 1. The van der Waals surface area contributed by atoms with Crippen LogP contribution in [0.4, 0.5) is 4.39 Å². The van der Waals surface area contributed by atoms with Crippen LogP contribution in [0.2, 0.25) is 0 Å². The van der Waals surface area contributed by atoms with Gasteiger partial charge in [0, 0.05) is 0 Å². The smallest absolute Gasteiger partial charge is 0.123 e. The van der Waals surface area contributed by atoms with Gasteiger partial charge in [-0.15, -0.1) is 0 Å². The summed E-state index contributed by atoms with van der Waals surface area (Å²) in [4.78, 5) is 0. The Morgan fingerprint density at radius 3 is 2.00 bits per heavy atom. The molecule has 1 unspecified atom stereocenters. The average Bonchev–Trinajstić information content (AvgIpc) is 2.55. The van der Waals surface area contributed by atoms with Crippen molar-refractivity contribution in [2.75, 3.05) is 0 Å². The third kappa shape index (κ3) is 3.01. The first-order valence-corrected chi connectivity index (χ1v) is 6.90. The normalized spacial score (nSPS) is 12.1. The van der Waals surface area contributed by atoms with Crippen LogP contribution in [0.25, 0.3) is 11.1 Å². The van der Waals surface area contributed by atoms with Gasteiger partial charge >= 0.3 is 0 Å². The van der Waals surface area contributed by atoms with E-state index in [1.807, 2.05) is 48.5 Å². The number of halogens is 1. The van der Waals surface area contributed by atoms with Crippen molar-refractivity contribution in [3.8, 4) is 11.1 Å². The summed E-state index contributed by atoms with van der Waals surface area (Å²) in [5.74, 6) is -0.260. The molecule has 0 aliphatic rings. The molecule has 0 amide bonds. The maximum Gasteiger partial charge on any atom is 0.123 e. The summed E-state index contributed by atoms with van der Waals surface area (Å²) < 4.78 is 13.3. The number of nitrogens with two attached hydrogens (primary N) is 1. The molecule has 3 aromatic rings. The molecule has 0 spiro atoms. The SMILES string of the molecule is NC(c1ccc(-c2ccccc2)cc1)c1cccc(F)c1. The number of rotatable bonds is 3. The molecule has 3 rings (SSSR count). The van der Waals surface area contributed by atoms with Gasteiger partial charge in [0.15, 0.2) is 0 Å². The van der Waals surface area contributed by atoms with Crippen molar-refractivity contribution >= 4 is 0 Å². The van der Waals surface area contributed by atoms with Crippen LogP contribution in [0.15, 0.2) is 78.9 Å². The molecule has 1 nitrogen and oxygen atoms in total. The van der Waals surface area contributed by atoms with Crippen molar-refractivity contribution < 1.29 is 4.39 Å². The minimum absolute atomic E-state index is 0.260. The van der Waals surface area contributed by atoms with Gasteiger partial charge in [0.25, 0.3) is 0 Å². The van der Waals surface area contributed by atoms with E-state index in [2.05, 4.69) is 12.1 Å². The van der Waals surface area contributed by atoms with Crippen LogP contribution < -0.4 is 5.73 Å². The van der Waals surface area contributed by atoms with Gasteiger partial charge in [0.2, 0.25) is 0 Å². The third-order valence-electron chi connectivity index (χ3n) is 3.58. The predicted molar refractivity (Wildman–Crippen MR) is 84.3 cm³/mol. The molecule has 3 aromatic carbocycles. The molecule has 0 heterocycles. The van der Waals surface area contributed by atoms with Gasteiger partial charge in [-0.1, -0.05) is 66.7 Å². The number of hydrogen-bond donors (Lipinski definition) is 1. The maximum absolute atomic E-state index is 13.3. The zero-order valence-electron chi connectivity index (χ0n) is 11.5. The van der Waals surface area contributed by atoms with Crippen molar-refractivity contribution in [1.29, 1.82) is 0 Å². The highest BCUT2D eigenvalue weighted by Gasteiger charge is 2.09. The van der Waals surface area contributed by atoms with E-state index < -0.39 is 0 Å². The van der Waals surface area contributed by atoms with E-state index in [-0.39, 0.29) is 11.9 Å². The van der Waals surface area contributed by atoms with Crippen LogP contribution in [0.5, 0.6) is 0 Å². The van der Waals surface area contributed by atoms with E-state index in [0.717, 1.165) is 16.7 Å². The maximum atomic E-state index is 13.3. The molecule has 0 aliphatic heterocycles. The molecule has 2 N–H and O–H groups in total. The Morgan fingerprint density at radius 2 is 1.33 bits per heavy atom. The Morgan fingerprint density at radius 1 is 0.667 bits per heavy atom. The lowest BCUT2D eigenvalue weighted by Gasteiger charge is -2.13. The van der Waals surface area contributed by atoms with E-state index in [9.17, 15) is 4.39 Å². The molecule has 0 bridgehead atoms. The molecule has 0 saturated heterocycles. The van der Waals surface area contributed by atoms with Gasteiger partial charge in [0.05, 0.1) is 6.04 Å². The molecule has 0 saturated carbocycles. The van der Waals surface area contributed by atoms with Crippen LogP contribution in [-0.4, -0.2) is 0 Å². The van der Waals surface area contributed by atoms with Gasteiger partial charge in [-0.25, -0.2) is 4.39 Å². The van der Waals surface area contributed by atoms with Crippen LogP contribution >= 0.6 is 0 Å². The molecule has 0 fully saturated rings. The Balaban J connectivity index is 1.87. The van der Waals surface area contributed by atoms with E-state index in [1.54, 1.807) is 6.07 Å². The van der Waals surface area contributed by atoms with E-state index in [0.29, 0.717) is 0 Å². The Hall–Kier alpha value is -2.45. The van der Waals surface area contributed by atoms with Gasteiger partial charge in [-0.3, -0.25) is 0 Å². The fourth-order valence-electron chi connectivity index (χ4n) is 2.41. The minimum atomic E-state index is -0.314. The zero-order valence-corrected chi connectivity index (χ0v) is 11.5. The second-order valence-corrected chi connectivity index (χ2v) is 5.02. The largest absolute Gasteiger partial charge is 0.320 e. The minimum Gasteiger partial charge on any atom is -0.320 e. The molecular weight excluding hydrogens is 261 g/mol. The summed E-state index contributed by atoms with van der Waals surface area (Å²) >= 11 is 0. The summed E-state index contributed by atoms with van der Waals surface area (Å²) in [5, 5.41) is 0. The van der Waals surface area contributed by atoms with Crippen molar-refractivity contribution in [3.63, 3.8) is 0 Å². The van der Waals surface area contributed by atoms with Gasteiger partial charge in [0.1, 0.15) is 5.82 Å². The molecule has 2 heteroatoms. The highest BCUT2D eigenvalue weighted by atomic mass is 19.1. The molecule has 0 radical (unpaired) electrons. The van der Waals surface area contributed by atoms with Crippen molar-refractivity contribution in [2.45, 2.75) is 6.04 Å². The first-order valence-electron chi connectivity index (χ1n) is 6.90. The van der Waals surface area contributed by atoms with Crippen molar-refractivity contribution in [1.82, 2.24) is 0 Å². The standard InChI is InChI=1S/C19H16FN/c20-18-8-4-7-17(13-18)19(21)16-11-9-15(10-12-16)14-5-2-1-3-6-14/h1-13,19H,21H2. The lowest BCUT2D eigenvalue weighted by atomic mass is 9.97. The molecular formula is C19H16FN. The third-order valence-corrected chi connectivity index (χ3v) is 3.58. The van der Waals surface area contributed by atoms with Crippen LogP contribution in [0.3, 0.4) is 0 Å². The first kappa shape index (κ1) is 13.5. The monoisotopic (exact) mass is 277 g/mol. The summed E-state index contributed by atoms with van der Waals surface area (Å²) in [7, 11) is 0. The molecule has 0 aromatic heterocycles. The molecule has 21 heavy (non-hydrogen) atoms. The van der Waals surface area contributed by atoms with Crippen LogP contribution in [0, 0.1) is 5.82 Å². The summed E-state index contributed by atoms with van der Waals surface area (Å²) in [6.07, 6.45) is 0. The second-order valence-electron chi connectivity index (χ2n) is 5.02. The van der Waals surface area contributed by atoms with Crippen LogP contribution in [0.1, 0.15) is 17.2 Å².